The molecule has 0 fully saturated rings. The predicted octanol–water partition coefficient (Wildman–Crippen LogP) is 4.58. The van der Waals surface area contributed by atoms with Gasteiger partial charge in [-0.15, -0.1) is 0 Å². The number of benzene rings is 3. The van der Waals surface area contributed by atoms with E-state index < -0.39 is 9.84 Å². The SMILES string of the molecule is Cc1ccc(S(=O)(=O)C[n+]2sc(Nc3ccccc3)nc2-c2ccccc2)cc1. The third kappa shape index (κ3) is 4.52. The summed E-state index contributed by atoms with van der Waals surface area (Å²) >= 11 is 1.29. The highest BCUT2D eigenvalue weighted by atomic mass is 32.2. The lowest BCUT2D eigenvalue weighted by molar-refractivity contribution is -0.597. The lowest BCUT2D eigenvalue weighted by atomic mass is 10.2. The molecule has 7 heteroatoms. The minimum atomic E-state index is -3.51. The molecule has 0 aliphatic carbocycles. The van der Waals surface area contributed by atoms with Crippen LogP contribution in [-0.2, 0) is 15.7 Å². The molecule has 1 heterocycles. The average Bonchev–Trinajstić information content (AvgIpc) is 3.11. The van der Waals surface area contributed by atoms with E-state index >= 15 is 0 Å². The van der Waals surface area contributed by atoms with Crippen LogP contribution in [0.25, 0.3) is 11.4 Å². The lowest BCUT2D eigenvalue weighted by Crippen LogP contribution is -2.36. The molecule has 1 N–H and O–H groups in total. The molecule has 3 aromatic carbocycles. The number of nitrogens with zero attached hydrogens (tertiary/aromatic N) is 2. The molecule has 0 aliphatic rings. The molecule has 146 valence electrons. The van der Waals surface area contributed by atoms with Crippen LogP contribution < -0.4 is 9.27 Å². The second-order valence-corrected chi connectivity index (χ2v) is 9.59. The predicted molar refractivity (Wildman–Crippen MR) is 116 cm³/mol. The normalized spacial score (nSPS) is 11.3. The minimum Gasteiger partial charge on any atom is -0.308 e. The standard InChI is InChI=1S/C22H19N3O2S2/c1-17-12-14-20(15-13-17)29(26,27)16-25-21(18-8-4-2-5-9-18)24-22(28-25)23-19-10-6-3-7-11-19/h2-15H,16H2,1H3/p+1. The van der Waals surface area contributed by atoms with Crippen molar-refractivity contribution in [3.63, 3.8) is 0 Å². The highest BCUT2D eigenvalue weighted by molar-refractivity contribution is 7.90. The maximum absolute atomic E-state index is 13.0. The third-order valence-corrected chi connectivity index (χ3v) is 7.01. The summed E-state index contributed by atoms with van der Waals surface area (Å²) in [6, 6.07) is 26.2. The van der Waals surface area contributed by atoms with Crippen LogP contribution in [0, 0.1) is 6.92 Å². The van der Waals surface area contributed by atoms with Crippen molar-refractivity contribution in [3.8, 4) is 11.4 Å². The molecule has 0 spiro atoms. The molecule has 0 saturated carbocycles. The Kier molecular flexibility index (Phi) is 5.42. The smallest absolute Gasteiger partial charge is 0.308 e. The van der Waals surface area contributed by atoms with E-state index in [1.165, 1.54) is 11.5 Å². The van der Waals surface area contributed by atoms with Gasteiger partial charge in [-0.25, -0.2) is 8.42 Å². The first kappa shape index (κ1) is 19.3. The number of rotatable bonds is 6. The summed E-state index contributed by atoms with van der Waals surface area (Å²) in [6.45, 7) is 1.93. The summed E-state index contributed by atoms with van der Waals surface area (Å²) in [7, 11) is -3.51. The highest BCUT2D eigenvalue weighted by Crippen LogP contribution is 2.24. The largest absolute Gasteiger partial charge is 0.346 e. The molecule has 4 rings (SSSR count). The van der Waals surface area contributed by atoms with Gasteiger partial charge in [-0.1, -0.05) is 54.1 Å². The maximum Gasteiger partial charge on any atom is 0.346 e. The van der Waals surface area contributed by atoms with Crippen molar-refractivity contribution in [2.24, 2.45) is 0 Å². The molecule has 0 aliphatic heterocycles. The van der Waals surface area contributed by atoms with Gasteiger partial charge in [0.2, 0.25) is 15.7 Å². The quantitative estimate of drug-likeness (QED) is 0.462. The number of nitrogens with one attached hydrogen (secondary N) is 1. The van der Waals surface area contributed by atoms with Gasteiger partial charge in [0.15, 0.2) is 0 Å². The van der Waals surface area contributed by atoms with Gasteiger partial charge < -0.3 is 5.32 Å². The van der Waals surface area contributed by atoms with Crippen molar-refractivity contribution >= 4 is 32.2 Å². The van der Waals surface area contributed by atoms with Crippen molar-refractivity contribution in [3.05, 3.63) is 90.5 Å². The van der Waals surface area contributed by atoms with Crippen LogP contribution in [0.1, 0.15) is 5.56 Å². The van der Waals surface area contributed by atoms with E-state index in [0.29, 0.717) is 15.9 Å². The third-order valence-electron chi connectivity index (χ3n) is 4.36. The van der Waals surface area contributed by atoms with Gasteiger partial charge in [-0.05, 0) is 48.3 Å². The van der Waals surface area contributed by atoms with Crippen LogP contribution in [0.5, 0.6) is 0 Å². The Hall–Kier alpha value is -3.03. The van der Waals surface area contributed by atoms with Gasteiger partial charge in [0.1, 0.15) is 11.5 Å². The second-order valence-electron chi connectivity index (χ2n) is 6.62. The molecule has 5 nitrogen and oxygen atoms in total. The molecule has 0 atom stereocenters. The fourth-order valence-electron chi connectivity index (χ4n) is 2.87. The van der Waals surface area contributed by atoms with E-state index in [4.69, 9.17) is 0 Å². The average molecular weight is 423 g/mol. The number of hydrogen-bond donors (Lipinski definition) is 1. The van der Waals surface area contributed by atoms with E-state index in [9.17, 15) is 8.42 Å². The van der Waals surface area contributed by atoms with Crippen LogP contribution in [0.2, 0.25) is 0 Å². The zero-order valence-corrected chi connectivity index (χ0v) is 17.5. The second kappa shape index (κ2) is 8.14. The first-order valence-corrected chi connectivity index (χ1v) is 11.5. The van der Waals surface area contributed by atoms with Crippen molar-refractivity contribution < 1.29 is 12.4 Å². The van der Waals surface area contributed by atoms with Crippen LogP contribution in [0.3, 0.4) is 0 Å². The topological polar surface area (TPSA) is 62.9 Å². The number of aromatic nitrogens is 2. The van der Waals surface area contributed by atoms with Crippen LogP contribution >= 0.6 is 11.5 Å². The Labute approximate surface area is 174 Å². The van der Waals surface area contributed by atoms with E-state index in [-0.39, 0.29) is 5.88 Å². The van der Waals surface area contributed by atoms with E-state index in [1.54, 1.807) is 16.1 Å². The van der Waals surface area contributed by atoms with Crippen LogP contribution in [0.4, 0.5) is 10.8 Å². The molecule has 0 radical (unpaired) electrons. The number of hydrogen-bond acceptors (Lipinski definition) is 5. The molecule has 29 heavy (non-hydrogen) atoms. The lowest BCUT2D eigenvalue weighted by Gasteiger charge is -2.03. The molecule has 4 aromatic rings. The van der Waals surface area contributed by atoms with E-state index in [1.807, 2.05) is 79.7 Å². The molecule has 0 saturated heterocycles. The van der Waals surface area contributed by atoms with Crippen molar-refractivity contribution in [2.45, 2.75) is 17.7 Å². The maximum atomic E-state index is 13.0. The number of anilines is 2. The van der Waals surface area contributed by atoms with Crippen molar-refractivity contribution in [2.75, 3.05) is 5.32 Å². The van der Waals surface area contributed by atoms with Crippen LogP contribution in [-0.4, -0.2) is 13.4 Å². The van der Waals surface area contributed by atoms with Gasteiger partial charge >= 0.3 is 11.0 Å². The van der Waals surface area contributed by atoms with Crippen LogP contribution in [0.15, 0.2) is 89.8 Å². The fourth-order valence-corrected chi connectivity index (χ4v) is 5.36. The Morgan fingerprint density at radius 2 is 1.52 bits per heavy atom. The van der Waals surface area contributed by atoms with Gasteiger partial charge in [0, 0.05) is 5.69 Å². The zero-order chi connectivity index (χ0) is 20.3. The van der Waals surface area contributed by atoms with E-state index in [2.05, 4.69) is 10.3 Å². The first-order valence-electron chi connectivity index (χ1n) is 9.09. The zero-order valence-electron chi connectivity index (χ0n) is 15.8. The van der Waals surface area contributed by atoms with Crippen molar-refractivity contribution in [1.82, 2.24) is 4.98 Å². The Morgan fingerprint density at radius 1 is 0.897 bits per heavy atom. The number of aryl methyl sites for hydroxylation is 1. The Morgan fingerprint density at radius 3 is 2.17 bits per heavy atom. The van der Waals surface area contributed by atoms with Crippen molar-refractivity contribution in [1.29, 1.82) is 0 Å². The molecular formula is C22H20N3O2S2+. The summed E-state index contributed by atoms with van der Waals surface area (Å²) in [5.74, 6) is 0.443. The molecule has 0 unspecified atom stereocenters. The van der Waals surface area contributed by atoms with E-state index in [0.717, 1.165) is 16.8 Å². The Balaban J connectivity index is 1.72. The molecular weight excluding hydrogens is 402 g/mol. The van der Waals surface area contributed by atoms with Gasteiger partial charge in [-0.2, -0.15) is 3.96 Å². The van der Waals surface area contributed by atoms with Gasteiger partial charge in [-0.3, -0.25) is 0 Å². The highest BCUT2D eigenvalue weighted by Gasteiger charge is 2.28. The molecule has 0 amide bonds. The molecule has 0 bridgehead atoms. The summed E-state index contributed by atoms with van der Waals surface area (Å²) < 4.78 is 27.7. The summed E-state index contributed by atoms with van der Waals surface area (Å²) in [5.41, 5.74) is 2.78. The number of sulfone groups is 1. The number of para-hydroxylation sites is 1. The Bertz CT molecular complexity index is 1200. The first-order chi connectivity index (χ1) is 14.0. The summed E-state index contributed by atoms with van der Waals surface area (Å²) in [4.78, 5) is 4.98. The fraction of sp³-hybridized carbons (Fsp3) is 0.0909. The van der Waals surface area contributed by atoms with Gasteiger partial charge in [0.05, 0.1) is 10.5 Å². The summed E-state index contributed by atoms with van der Waals surface area (Å²) in [6.07, 6.45) is 0. The minimum absolute atomic E-state index is 0.172. The molecule has 1 aromatic heterocycles. The summed E-state index contributed by atoms with van der Waals surface area (Å²) in [5, 5.41) is 3.89. The monoisotopic (exact) mass is 422 g/mol. The van der Waals surface area contributed by atoms with Gasteiger partial charge in [0.25, 0.3) is 0 Å².